The molecule has 23 heavy (non-hydrogen) atoms. The number of carbonyl (C=O) groups is 1. The molecule has 1 aromatic heterocycles. The molecule has 1 saturated carbocycles. The number of nitrogens with one attached hydrogen (secondary N) is 3. The third-order valence-electron chi connectivity index (χ3n) is 5.07. The van der Waals surface area contributed by atoms with Crippen LogP contribution in [0.2, 0.25) is 0 Å². The molecule has 3 N–H and O–H groups in total. The number of H-pyrrole nitrogens is 1. The predicted molar refractivity (Wildman–Crippen MR) is 92.5 cm³/mol. The van der Waals surface area contributed by atoms with E-state index in [0.717, 1.165) is 49.3 Å². The van der Waals surface area contributed by atoms with Crippen LogP contribution in [0.1, 0.15) is 19.3 Å². The summed E-state index contributed by atoms with van der Waals surface area (Å²) in [6.45, 7) is 2.09. The number of halogens is 1. The van der Waals surface area contributed by atoms with Gasteiger partial charge in [-0.15, -0.1) is 12.4 Å². The van der Waals surface area contributed by atoms with Crippen LogP contribution >= 0.6 is 12.4 Å². The number of hydrogen-bond acceptors (Lipinski definition) is 3. The molecule has 0 bridgehead atoms. The molecule has 1 unspecified atom stereocenters. The second-order valence-corrected chi connectivity index (χ2v) is 6.41. The van der Waals surface area contributed by atoms with Crippen molar-refractivity contribution in [2.75, 3.05) is 18.4 Å². The number of carbonyl (C=O) groups excluding carboxylic acids is 1. The monoisotopic (exact) mass is 332 g/mol. The Balaban J connectivity index is 0.00000156. The first-order valence-corrected chi connectivity index (χ1v) is 7.88. The molecule has 1 spiro atoms. The number of aromatic amines is 1. The third kappa shape index (κ3) is 3.12. The van der Waals surface area contributed by atoms with Crippen molar-refractivity contribution in [1.29, 1.82) is 0 Å². The Hall–Kier alpha value is -1.85. The molecule has 122 valence electrons. The van der Waals surface area contributed by atoms with Crippen LogP contribution in [0.15, 0.2) is 36.5 Å². The van der Waals surface area contributed by atoms with Crippen LogP contribution in [0.4, 0.5) is 5.69 Å². The number of amides is 1. The second kappa shape index (κ2) is 6.34. The van der Waals surface area contributed by atoms with Gasteiger partial charge in [0.05, 0.1) is 5.69 Å². The Morgan fingerprint density at radius 2 is 1.91 bits per heavy atom. The van der Waals surface area contributed by atoms with Crippen LogP contribution in [-0.4, -0.2) is 29.2 Å². The molecule has 1 aliphatic heterocycles. The molecule has 4 rings (SSSR count). The molecular formula is C17H21ClN4O. The van der Waals surface area contributed by atoms with Crippen LogP contribution in [0.25, 0.3) is 11.3 Å². The molecule has 2 heterocycles. The van der Waals surface area contributed by atoms with Crippen LogP contribution in [0.5, 0.6) is 0 Å². The highest BCUT2D eigenvalue weighted by atomic mass is 35.5. The van der Waals surface area contributed by atoms with Gasteiger partial charge in [-0.05, 0) is 61.5 Å². The average molecular weight is 333 g/mol. The summed E-state index contributed by atoms with van der Waals surface area (Å²) in [4.78, 5) is 12.4. The van der Waals surface area contributed by atoms with E-state index in [9.17, 15) is 4.79 Å². The summed E-state index contributed by atoms with van der Waals surface area (Å²) in [5, 5.41) is 13.3. The Kier molecular flexibility index (Phi) is 4.41. The molecule has 5 nitrogen and oxygen atoms in total. The van der Waals surface area contributed by atoms with Crippen molar-refractivity contribution in [3.63, 3.8) is 0 Å². The van der Waals surface area contributed by atoms with Crippen LogP contribution < -0.4 is 10.6 Å². The maximum absolute atomic E-state index is 12.4. The van der Waals surface area contributed by atoms with Crippen molar-refractivity contribution >= 4 is 24.0 Å². The summed E-state index contributed by atoms with van der Waals surface area (Å²) in [7, 11) is 0. The highest BCUT2D eigenvalue weighted by molar-refractivity contribution is 5.95. The first kappa shape index (κ1) is 16.0. The average Bonchev–Trinajstić information content (AvgIpc) is 3.00. The van der Waals surface area contributed by atoms with E-state index in [4.69, 9.17) is 0 Å². The van der Waals surface area contributed by atoms with Crippen LogP contribution in [0.3, 0.4) is 0 Å². The second-order valence-electron chi connectivity index (χ2n) is 6.41. The van der Waals surface area contributed by atoms with Gasteiger partial charge < -0.3 is 10.6 Å². The first-order valence-electron chi connectivity index (χ1n) is 7.88. The lowest BCUT2D eigenvalue weighted by atomic mass is 9.92. The number of aromatic nitrogens is 2. The lowest BCUT2D eigenvalue weighted by molar-refractivity contribution is -0.118. The van der Waals surface area contributed by atoms with Crippen LogP contribution in [-0.2, 0) is 4.79 Å². The van der Waals surface area contributed by atoms with Crippen molar-refractivity contribution in [2.45, 2.75) is 19.3 Å². The fourth-order valence-corrected chi connectivity index (χ4v) is 3.57. The van der Waals surface area contributed by atoms with Gasteiger partial charge in [0.25, 0.3) is 0 Å². The normalized spacial score (nSPS) is 21.5. The number of nitrogens with zero attached hydrogens (tertiary/aromatic N) is 1. The molecule has 6 heteroatoms. The van der Waals surface area contributed by atoms with E-state index >= 15 is 0 Å². The van der Waals surface area contributed by atoms with Crippen molar-refractivity contribution in [3.05, 3.63) is 36.5 Å². The van der Waals surface area contributed by atoms with Crippen molar-refractivity contribution in [2.24, 2.45) is 11.3 Å². The highest BCUT2D eigenvalue weighted by Crippen LogP contribution is 2.58. The first-order chi connectivity index (χ1) is 10.8. The zero-order valence-electron chi connectivity index (χ0n) is 12.8. The van der Waals surface area contributed by atoms with Gasteiger partial charge in [0.1, 0.15) is 0 Å². The molecular weight excluding hydrogens is 312 g/mol. The topological polar surface area (TPSA) is 69.8 Å². The predicted octanol–water partition coefficient (Wildman–Crippen LogP) is 2.83. The van der Waals surface area contributed by atoms with Gasteiger partial charge in [-0.3, -0.25) is 9.89 Å². The van der Waals surface area contributed by atoms with E-state index in [1.807, 2.05) is 30.3 Å². The zero-order valence-corrected chi connectivity index (χ0v) is 13.7. The van der Waals surface area contributed by atoms with E-state index in [-0.39, 0.29) is 29.6 Å². The maximum Gasteiger partial charge on any atom is 0.228 e. The molecule has 1 aliphatic carbocycles. The third-order valence-corrected chi connectivity index (χ3v) is 5.07. The summed E-state index contributed by atoms with van der Waals surface area (Å²) in [6.07, 6.45) is 5.04. The summed E-state index contributed by atoms with van der Waals surface area (Å²) < 4.78 is 0. The molecule has 1 amide bonds. The fraction of sp³-hybridized carbons (Fsp3) is 0.412. The summed E-state index contributed by atoms with van der Waals surface area (Å²) in [5.74, 6) is 0.373. The quantitative estimate of drug-likeness (QED) is 0.809. The number of rotatable bonds is 3. The maximum atomic E-state index is 12.4. The Morgan fingerprint density at radius 3 is 2.57 bits per heavy atom. The Labute approximate surface area is 141 Å². The largest absolute Gasteiger partial charge is 0.326 e. The number of hydrogen-bond donors (Lipinski definition) is 3. The van der Waals surface area contributed by atoms with Gasteiger partial charge >= 0.3 is 0 Å². The van der Waals surface area contributed by atoms with Crippen molar-refractivity contribution in [3.8, 4) is 11.3 Å². The van der Waals surface area contributed by atoms with E-state index in [0.29, 0.717) is 0 Å². The summed E-state index contributed by atoms with van der Waals surface area (Å²) in [6, 6.07) is 9.82. The summed E-state index contributed by atoms with van der Waals surface area (Å²) >= 11 is 0. The zero-order chi connectivity index (χ0) is 15.0. The molecule has 1 saturated heterocycles. The lowest BCUT2D eigenvalue weighted by Crippen LogP contribution is -2.31. The SMILES string of the molecule is Cl.O=C(Nc1ccc(-c2ccn[nH]2)cc1)C1CC12CCNCC2. The molecule has 1 aromatic carbocycles. The van der Waals surface area contributed by atoms with Gasteiger partial charge in [0, 0.05) is 17.8 Å². The van der Waals surface area contributed by atoms with E-state index < -0.39 is 0 Å². The van der Waals surface area contributed by atoms with E-state index in [1.165, 1.54) is 0 Å². The fourth-order valence-electron chi connectivity index (χ4n) is 3.57. The molecule has 2 aliphatic rings. The number of anilines is 1. The molecule has 2 aromatic rings. The smallest absolute Gasteiger partial charge is 0.228 e. The van der Waals surface area contributed by atoms with Crippen LogP contribution in [0, 0.1) is 11.3 Å². The number of piperidine rings is 1. The van der Waals surface area contributed by atoms with Gasteiger partial charge in [-0.1, -0.05) is 12.1 Å². The highest BCUT2D eigenvalue weighted by Gasteiger charge is 2.57. The van der Waals surface area contributed by atoms with Gasteiger partial charge in [0.2, 0.25) is 5.91 Å². The van der Waals surface area contributed by atoms with E-state index in [1.54, 1.807) is 6.20 Å². The molecule has 0 radical (unpaired) electrons. The summed E-state index contributed by atoms with van der Waals surface area (Å²) in [5.41, 5.74) is 3.19. The van der Waals surface area contributed by atoms with Crippen molar-refractivity contribution in [1.82, 2.24) is 15.5 Å². The van der Waals surface area contributed by atoms with Crippen molar-refractivity contribution < 1.29 is 4.79 Å². The number of benzene rings is 1. The minimum absolute atomic E-state index is 0. The standard InChI is InChI=1S/C17H20N4O.ClH/c22-16(14-11-17(14)6-9-18-10-7-17)20-13-3-1-12(2-4-13)15-5-8-19-21-15;/h1-5,8,14,18H,6-7,9-11H2,(H,19,21)(H,20,22);1H. The van der Waals surface area contributed by atoms with Gasteiger partial charge in [-0.2, -0.15) is 5.10 Å². The lowest BCUT2D eigenvalue weighted by Gasteiger charge is -2.23. The Morgan fingerprint density at radius 1 is 1.17 bits per heavy atom. The molecule has 2 fully saturated rings. The minimum Gasteiger partial charge on any atom is -0.326 e. The Bertz CT molecular complexity index is 662. The van der Waals surface area contributed by atoms with Gasteiger partial charge in [-0.25, -0.2) is 0 Å². The van der Waals surface area contributed by atoms with E-state index in [2.05, 4.69) is 20.8 Å². The molecule has 1 atom stereocenters. The van der Waals surface area contributed by atoms with Gasteiger partial charge in [0.15, 0.2) is 0 Å². The minimum atomic E-state index is 0.